The van der Waals surface area contributed by atoms with Gasteiger partial charge in [0.15, 0.2) is 5.45 Å². The first-order valence-corrected chi connectivity index (χ1v) is 6.82. The van der Waals surface area contributed by atoms with E-state index >= 15 is 0 Å². The van der Waals surface area contributed by atoms with Crippen molar-refractivity contribution in [2.24, 2.45) is 5.10 Å². The third kappa shape index (κ3) is 3.29. The van der Waals surface area contributed by atoms with Gasteiger partial charge >= 0.3 is 15.2 Å². The molecule has 0 aromatic carbocycles. The van der Waals surface area contributed by atoms with Gasteiger partial charge in [-0.05, 0) is 0 Å². The standard InChI is InChI=1S/C3H6ClN3O6P2/c4-7-5-2(14(8,9)10)1-3(6-7)15(11,12)13/h1,5H,(H2,8,9,10)(H2,11,12,13). The van der Waals surface area contributed by atoms with Gasteiger partial charge in [0.1, 0.15) is 5.44 Å². The van der Waals surface area contributed by atoms with Gasteiger partial charge in [-0.25, -0.2) is 0 Å². The highest BCUT2D eigenvalue weighted by Gasteiger charge is 2.32. The predicted octanol–water partition coefficient (Wildman–Crippen LogP) is -0.529. The summed E-state index contributed by atoms with van der Waals surface area (Å²) in [5, 5.41) is 3.14. The summed E-state index contributed by atoms with van der Waals surface area (Å²) >= 11 is 5.23. The Labute approximate surface area is 88.4 Å². The van der Waals surface area contributed by atoms with Gasteiger partial charge < -0.3 is 19.6 Å². The minimum atomic E-state index is -4.72. The molecule has 0 bridgehead atoms. The number of hydrogen-bond donors (Lipinski definition) is 5. The molecule has 15 heavy (non-hydrogen) atoms. The molecule has 0 saturated heterocycles. The van der Waals surface area contributed by atoms with Crippen molar-refractivity contribution in [1.29, 1.82) is 0 Å². The van der Waals surface area contributed by atoms with Crippen LogP contribution in [0.15, 0.2) is 16.6 Å². The number of hydrazone groups is 1. The van der Waals surface area contributed by atoms with Crippen molar-refractivity contribution in [2.45, 2.75) is 0 Å². The molecule has 1 aliphatic rings. The number of halogens is 1. The summed E-state index contributed by atoms with van der Waals surface area (Å²) < 4.78 is 21.8. The Hall–Kier alpha value is -0.400. The van der Waals surface area contributed by atoms with Crippen LogP contribution in [0.1, 0.15) is 0 Å². The van der Waals surface area contributed by atoms with Gasteiger partial charge in [-0.15, -0.1) is 9.74 Å². The van der Waals surface area contributed by atoms with E-state index in [0.29, 0.717) is 6.08 Å². The molecule has 0 unspecified atom stereocenters. The lowest BCUT2D eigenvalue weighted by Gasteiger charge is -2.21. The number of allylic oxidation sites excluding steroid dienone is 1. The van der Waals surface area contributed by atoms with Crippen molar-refractivity contribution < 1.29 is 28.7 Å². The van der Waals surface area contributed by atoms with Crippen LogP contribution in [0.4, 0.5) is 0 Å². The van der Waals surface area contributed by atoms with Crippen LogP contribution in [0.25, 0.3) is 0 Å². The highest BCUT2D eigenvalue weighted by molar-refractivity contribution is 7.71. The van der Waals surface area contributed by atoms with Crippen molar-refractivity contribution in [3.63, 3.8) is 0 Å². The van der Waals surface area contributed by atoms with Crippen molar-refractivity contribution in [3.8, 4) is 0 Å². The molecule has 0 aromatic rings. The maximum absolute atomic E-state index is 10.8. The van der Waals surface area contributed by atoms with Crippen molar-refractivity contribution in [3.05, 3.63) is 11.5 Å². The lowest BCUT2D eigenvalue weighted by molar-refractivity contribution is 0.349. The highest BCUT2D eigenvalue weighted by atomic mass is 35.5. The van der Waals surface area contributed by atoms with E-state index in [9.17, 15) is 9.13 Å². The third-order valence-corrected chi connectivity index (χ3v) is 3.11. The summed E-state index contributed by atoms with van der Waals surface area (Å²) in [5.74, 6) is 0. The summed E-state index contributed by atoms with van der Waals surface area (Å²) in [6.45, 7) is 0. The third-order valence-electron chi connectivity index (χ3n) is 1.28. The molecule has 1 rings (SSSR count). The SMILES string of the molecule is O=P(O)(O)C1=CC(P(=O)(O)O)=NN(Cl)N1. The van der Waals surface area contributed by atoms with E-state index < -0.39 is 26.1 Å². The molecule has 0 spiro atoms. The van der Waals surface area contributed by atoms with E-state index in [4.69, 9.17) is 31.4 Å². The Morgan fingerprint density at radius 1 is 1.27 bits per heavy atom. The van der Waals surface area contributed by atoms with Crippen molar-refractivity contribution in [1.82, 2.24) is 10.1 Å². The first kappa shape index (κ1) is 12.7. The summed E-state index contributed by atoms with van der Waals surface area (Å²) in [6.07, 6.45) is 0.556. The summed E-state index contributed by atoms with van der Waals surface area (Å²) in [7, 11) is -9.41. The topological polar surface area (TPSA) is 143 Å². The van der Waals surface area contributed by atoms with E-state index in [1.165, 1.54) is 0 Å². The van der Waals surface area contributed by atoms with Gasteiger partial charge in [0.25, 0.3) is 0 Å². The lowest BCUT2D eigenvalue weighted by Crippen LogP contribution is -2.30. The van der Waals surface area contributed by atoms with Crippen LogP contribution in [-0.4, -0.2) is 29.7 Å². The van der Waals surface area contributed by atoms with E-state index in [0.717, 1.165) is 0 Å². The van der Waals surface area contributed by atoms with Crippen LogP contribution in [0.3, 0.4) is 0 Å². The molecule has 0 aromatic heterocycles. The van der Waals surface area contributed by atoms with Crippen molar-refractivity contribution in [2.75, 3.05) is 0 Å². The number of nitrogens with zero attached hydrogens (tertiary/aromatic N) is 2. The van der Waals surface area contributed by atoms with Gasteiger partial charge in [-0.1, -0.05) is 0 Å². The zero-order valence-corrected chi connectivity index (χ0v) is 9.39. The second kappa shape index (κ2) is 3.88. The Morgan fingerprint density at radius 2 is 1.80 bits per heavy atom. The van der Waals surface area contributed by atoms with Crippen LogP contribution in [0, 0.1) is 0 Å². The minimum absolute atomic E-state index is 0.281. The van der Waals surface area contributed by atoms with Gasteiger partial charge in [0.2, 0.25) is 0 Å². The zero-order valence-electron chi connectivity index (χ0n) is 6.85. The molecule has 9 nitrogen and oxygen atoms in total. The second-order valence-corrected chi connectivity index (χ2v) is 5.88. The second-order valence-electron chi connectivity index (χ2n) is 2.45. The molecule has 0 radical (unpaired) electrons. The lowest BCUT2D eigenvalue weighted by atomic mass is 10.6. The highest BCUT2D eigenvalue weighted by Crippen LogP contribution is 2.47. The van der Waals surface area contributed by atoms with Crippen LogP contribution in [0.5, 0.6) is 0 Å². The molecule has 1 heterocycles. The molecular weight excluding hydrogens is 271 g/mol. The fourth-order valence-corrected chi connectivity index (χ4v) is 2.09. The van der Waals surface area contributed by atoms with E-state index in [2.05, 4.69) is 5.10 Å². The van der Waals surface area contributed by atoms with E-state index in [1.807, 2.05) is 5.43 Å². The Kier molecular flexibility index (Phi) is 3.27. The molecular formula is C3H6ClN3O6P2. The van der Waals surface area contributed by atoms with Gasteiger partial charge in [-0.3, -0.25) is 14.6 Å². The maximum atomic E-state index is 10.8. The zero-order chi connectivity index (χ0) is 11.9. The normalized spacial score (nSPS) is 18.1. The molecule has 0 aliphatic carbocycles. The molecule has 5 N–H and O–H groups in total. The van der Waals surface area contributed by atoms with Crippen LogP contribution in [-0.2, 0) is 9.13 Å². The van der Waals surface area contributed by atoms with Gasteiger partial charge in [-0.2, -0.15) is 0 Å². The van der Waals surface area contributed by atoms with Gasteiger partial charge in [0, 0.05) is 6.08 Å². The predicted molar refractivity (Wildman–Crippen MR) is 50.4 cm³/mol. The summed E-state index contributed by atoms with van der Waals surface area (Å²) in [5.41, 5.74) is 0.341. The van der Waals surface area contributed by atoms with Gasteiger partial charge in [0.05, 0.1) is 11.8 Å². The molecule has 0 saturated carbocycles. The maximum Gasteiger partial charge on any atom is 0.376 e. The average molecular weight is 277 g/mol. The number of rotatable bonds is 2. The molecule has 0 atom stereocenters. The van der Waals surface area contributed by atoms with Crippen LogP contribution in [0.2, 0.25) is 0 Å². The molecule has 0 fully saturated rings. The first-order valence-electron chi connectivity index (χ1n) is 3.26. The number of hydrogen-bond acceptors (Lipinski definition) is 5. The molecule has 12 heteroatoms. The quantitative estimate of drug-likeness (QED) is 0.335. The minimum Gasteiger partial charge on any atom is -0.320 e. The summed E-state index contributed by atoms with van der Waals surface area (Å²) in [4.78, 5) is 34.9. The number of hydrazine groups is 1. The smallest absolute Gasteiger partial charge is 0.320 e. The van der Waals surface area contributed by atoms with Crippen molar-refractivity contribution >= 4 is 32.4 Å². The fraction of sp³-hybridized carbons (Fsp3) is 0. The monoisotopic (exact) mass is 277 g/mol. The molecule has 1 aliphatic heterocycles. The fourth-order valence-electron chi connectivity index (χ4n) is 0.684. The van der Waals surface area contributed by atoms with Crippen LogP contribution < -0.4 is 5.43 Å². The summed E-state index contributed by atoms with van der Waals surface area (Å²) in [6, 6.07) is 0. The molecule has 0 amide bonds. The molecule has 86 valence electrons. The number of nitrogens with one attached hydrogen (secondary N) is 1. The Morgan fingerprint density at radius 3 is 2.20 bits per heavy atom. The van der Waals surface area contributed by atoms with Crippen LogP contribution >= 0.6 is 27.0 Å². The van der Waals surface area contributed by atoms with E-state index in [-0.39, 0.29) is 4.64 Å². The first-order chi connectivity index (χ1) is 6.60. The largest absolute Gasteiger partial charge is 0.376 e. The average Bonchev–Trinajstić information content (AvgIpc) is 1.99. The Balaban J connectivity index is 3.17. The van der Waals surface area contributed by atoms with E-state index in [1.54, 1.807) is 0 Å². The Bertz CT molecular complexity index is 421.